The maximum absolute atomic E-state index is 8.56. The number of rotatable bonds is 2. The summed E-state index contributed by atoms with van der Waals surface area (Å²) in [5, 5.41) is 17.1. The molecule has 0 aliphatic rings. The van der Waals surface area contributed by atoms with E-state index in [0.717, 1.165) is 0 Å². The average Bonchev–Trinajstić information content (AvgIpc) is 1.27. The maximum atomic E-state index is 8.56. The third-order valence-electron chi connectivity index (χ3n) is 0.682. The Morgan fingerprint density at radius 1 is 1.12 bits per heavy atom. The van der Waals surface area contributed by atoms with Gasteiger partial charge in [-0.2, -0.15) is 0 Å². The van der Waals surface area contributed by atoms with Crippen molar-refractivity contribution in [3.8, 4) is 0 Å². The van der Waals surface area contributed by atoms with Crippen LogP contribution in [-0.2, 0) is 5.48 Å². The van der Waals surface area contributed by atoms with E-state index in [-0.39, 0.29) is 17.7 Å². The number of hydrogen-bond donors (Lipinski definition) is 2. The van der Waals surface area contributed by atoms with Gasteiger partial charge >= 0.3 is 0 Å². The van der Waals surface area contributed by atoms with Gasteiger partial charge in [0.15, 0.2) is 0 Å². The zero-order chi connectivity index (χ0) is 5.86. The monoisotopic (exact) mass is 120 g/mol. The van der Waals surface area contributed by atoms with Gasteiger partial charge < -0.3 is 10.2 Å². The molecular weight excluding hydrogens is 108 g/mol. The molecule has 0 aromatic heterocycles. The summed E-state index contributed by atoms with van der Waals surface area (Å²) in [4.78, 5) is 0. The fourth-order valence-corrected chi connectivity index (χ4v) is 0.494. The van der Waals surface area contributed by atoms with Crippen LogP contribution in [0.3, 0.4) is 0 Å². The summed E-state index contributed by atoms with van der Waals surface area (Å²) in [6, 6.07) is 0. The number of aliphatic hydroxyl groups is 2. The Hall–Kier alpha value is -0.120. The average molecular weight is 120 g/mol. The third-order valence-corrected chi connectivity index (χ3v) is 0.682. The van der Waals surface area contributed by atoms with Crippen LogP contribution in [0, 0.1) is 0 Å². The van der Waals surface area contributed by atoms with Crippen molar-refractivity contribution in [3.05, 3.63) is 0 Å². The van der Waals surface area contributed by atoms with E-state index in [4.69, 9.17) is 10.2 Å². The van der Waals surface area contributed by atoms with Gasteiger partial charge in [0.1, 0.15) is 0 Å². The molecule has 0 bridgehead atoms. The highest BCUT2D eigenvalue weighted by molar-refractivity contribution is 4.51. The molecule has 0 heterocycles. The van der Waals surface area contributed by atoms with Gasteiger partial charge in [-0.05, 0) is 20.3 Å². The molecule has 50 valence electrons. The second-order valence-corrected chi connectivity index (χ2v) is 1.93. The normalized spacial score (nSPS) is 16.5. The van der Waals surface area contributed by atoms with E-state index in [2.05, 4.69) is 0 Å². The third kappa shape index (κ3) is 9.30. The molecule has 0 aromatic rings. The molecule has 0 fully saturated rings. The predicted octanol–water partition coefficient (Wildman–Crippen LogP) is 0.0193. The summed E-state index contributed by atoms with van der Waals surface area (Å²) < 4.78 is 0. The topological polar surface area (TPSA) is 69.0 Å². The van der Waals surface area contributed by atoms with Crippen LogP contribution in [0.25, 0.3) is 0 Å². The molecule has 3 heteroatoms. The van der Waals surface area contributed by atoms with Crippen molar-refractivity contribution in [2.75, 3.05) is 0 Å². The van der Waals surface area contributed by atoms with Gasteiger partial charge in [-0.15, -0.1) is 0 Å². The first-order valence-corrected chi connectivity index (χ1v) is 2.49. The number of hydrogen-bond acceptors (Lipinski definition) is 2. The molecule has 0 rings (SSSR count). The Morgan fingerprint density at radius 3 is 1.38 bits per heavy atom. The first-order valence-electron chi connectivity index (χ1n) is 2.49. The lowest BCUT2D eigenvalue weighted by Gasteiger charge is -2.04. The van der Waals surface area contributed by atoms with Crippen LogP contribution in [0.5, 0.6) is 0 Å². The summed E-state index contributed by atoms with van der Waals surface area (Å²) in [6.07, 6.45) is -0.278. The van der Waals surface area contributed by atoms with Crippen LogP contribution in [0.15, 0.2) is 0 Å². The van der Waals surface area contributed by atoms with Crippen molar-refractivity contribution in [2.24, 2.45) is 0 Å². The van der Waals surface area contributed by atoms with Crippen molar-refractivity contribution in [1.82, 2.24) is 0 Å². The molecule has 0 unspecified atom stereocenters. The van der Waals surface area contributed by atoms with Crippen LogP contribution in [0.1, 0.15) is 20.3 Å². The minimum Gasteiger partial charge on any atom is -0.393 e. The van der Waals surface area contributed by atoms with Gasteiger partial charge in [-0.1, -0.05) is 0 Å². The quantitative estimate of drug-likeness (QED) is 0.539. The summed E-state index contributed by atoms with van der Waals surface area (Å²) in [5.41, 5.74) is 0. The maximum Gasteiger partial charge on any atom is 0.0536 e. The van der Waals surface area contributed by atoms with E-state index < -0.39 is 0 Å². The molecule has 0 aliphatic heterocycles. The SMILES string of the molecule is C[C@@H](O)C[C@@H](C)O.[O]. The van der Waals surface area contributed by atoms with E-state index in [1.165, 1.54) is 0 Å². The molecule has 0 aromatic carbocycles. The van der Waals surface area contributed by atoms with E-state index >= 15 is 0 Å². The first-order chi connectivity index (χ1) is 3.13. The van der Waals surface area contributed by atoms with Crippen LogP contribution in [-0.4, -0.2) is 22.4 Å². The van der Waals surface area contributed by atoms with Crippen molar-refractivity contribution >= 4 is 0 Å². The molecule has 8 heavy (non-hydrogen) atoms. The minimum absolute atomic E-state index is 0. The highest BCUT2D eigenvalue weighted by atomic mass is 16.3. The zero-order valence-electron chi connectivity index (χ0n) is 5.16. The van der Waals surface area contributed by atoms with Crippen LogP contribution < -0.4 is 0 Å². The Labute approximate surface area is 49.3 Å². The van der Waals surface area contributed by atoms with Gasteiger partial charge in [0.2, 0.25) is 0 Å². The molecule has 2 N–H and O–H groups in total. The fraction of sp³-hybridized carbons (Fsp3) is 1.00. The molecule has 3 nitrogen and oxygen atoms in total. The van der Waals surface area contributed by atoms with Gasteiger partial charge in [-0.3, -0.25) is 0 Å². The molecule has 0 spiro atoms. The molecule has 2 radical (unpaired) electrons. The van der Waals surface area contributed by atoms with Crippen LogP contribution in [0.2, 0.25) is 0 Å². The standard InChI is InChI=1S/C5H12O2.O/c1-4(6)3-5(2)7;/h4-7H,3H2,1-2H3;/t4-,5-;/m1./s1. The van der Waals surface area contributed by atoms with Crippen molar-refractivity contribution in [2.45, 2.75) is 32.5 Å². The van der Waals surface area contributed by atoms with E-state index in [1.807, 2.05) is 0 Å². The smallest absolute Gasteiger partial charge is 0.0536 e. The molecule has 0 saturated carbocycles. The molecular formula is C5H12O3. The zero-order valence-corrected chi connectivity index (χ0v) is 5.16. The van der Waals surface area contributed by atoms with Gasteiger partial charge in [0, 0.05) is 5.48 Å². The molecule has 0 aliphatic carbocycles. The minimum atomic E-state index is -0.375. The molecule has 0 amide bonds. The predicted molar refractivity (Wildman–Crippen MR) is 28.7 cm³/mol. The largest absolute Gasteiger partial charge is 0.393 e. The lowest BCUT2D eigenvalue weighted by Crippen LogP contribution is -2.10. The Balaban J connectivity index is 0. The number of aliphatic hydroxyl groups excluding tert-OH is 2. The van der Waals surface area contributed by atoms with E-state index in [0.29, 0.717) is 6.42 Å². The lowest BCUT2D eigenvalue weighted by molar-refractivity contribution is 0.102. The Morgan fingerprint density at radius 2 is 1.38 bits per heavy atom. The highest BCUT2D eigenvalue weighted by Gasteiger charge is 1.98. The molecule has 2 atom stereocenters. The van der Waals surface area contributed by atoms with E-state index in [9.17, 15) is 0 Å². The summed E-state index contributed by atoms with van der Waals surface area (Å²) >= 11 is 0. The molecule has 0 saturated heterocycles. The van der Waals surface area contributed by atoms with Gasteiger partial charge in [-0.25, -0.2) is 0 Å². The van der Waals surface area contributed by atoms with Crippen molar-refractivity contribution in [3.63, 3.8) is 0 Å². The van der Waals surface area contributed by atoms with Crippen molar-refractivity contribution < 1.29 is 15.7 Å². The second kappa shape index (κ2) is 5.03. The lowest BCUT2D eigenvalue weighted by atomic mass is 10.2. The van der Waals surface area contributed by atoms with Crippen LogP contribution >= 0.6 is 0 Å². The van der Waals surface area contributed by atoms with Crippen molar-refractivity contribution in [1.29, 1.82) is 0 Å². The Bertz CT molecular complexity index is 36.9. The summed E-state index contributed by atoms with van der Waals surface area (Å²) in [7, 11) is 0. The summed E-state index contributed by atoms with van der Waals surface area (Å²) in [5.74, 6) is 0. The summed E-state index contributed by atoms with van der Waals surface area (Å²) in [6.45, 7) is 3.32. The van der Waals surface area contributed by atoms with Gasteiger partial charge in [0.05, 0.1) is 12.2 Å². The van der Waals surface area contributed by atoms with E-state index in [1.54, 1.807) is 13.8 Å². The first kappa shape index (κ1) is 10.8. The van der Waals surface area contributed by atoms with Gasteiger partial charge in [0.25, 0.3) is 0 Å². The van der Waals surface area contributed by atoms with Crippen LogP contribution in [0.4, 0.5) is 0 Å². The Kier molecular flexibility index (Phi) is 6.78. The highest BCUT2D eigenvalue weighted by Crippen LogP contribution is 1.93. The second-order valence-electron chi connectivity index (χ2n) is 1.93. The fourth-order valence-electron chi connectivity index (χ4n) is 0.494.